The lowest BCUT2D eigenvalue weighted by Crippen LogP contribution is -2.07. The molecule has 0 aliphatic rings. The molecule has 4 nitrogen and oxygen atoms in total. The Hall–Kier alpha value is -1.36. The molecule has 0 atom stereocenters. The molecule has 0 spiro atoms. The van der Waals surface area contributed by atoms with Crippen LogP contribution in [0.2, 0.25) is 0 Å². The predicted molar refractivity (Wildman–Crippen MR) is 75.4 cm³/mol. The van der Waals surface area contributed by atoms with Crippen LogP contribution >= 0.6 is 15.9 Å². The summed E-state index contributed by atoms with van der Waals surface area (Å²) in [6.45, 7) is 2.16. The van der Waals surface area contributed by atoms with Crippen molar-refractivity contribution in [2.45, 2.75) is 25.1 Å². The fourth-order valence-corrected chi connectivity index (χ4v) is 2.02. The van der Waals surface area contributed by atoms with E-state index in [9.17, 15) is 9.59 Å². The lowest BCUT2D eigenvalue weighted by molar-refractivity contribution is -0.143. The zero-order valence-corrected chi connectivity index (χ0v) is 12.7. The SMILES string of the molecule is CCOC(=O)CCc1cc(CBr)cc(C(=O)OC)c1. The fraction of sp³-hybridized carbons (Fsp3) is 0.429. The Morgan fingerprint density at radius 3 is 2.47 bits per heavy atom. The van der Waals surface area contributed by atoms with Gasteiger partial charge in [-0.25, -0.2) is 4.79 Å². The molecule has 0 aromatic heterocycles. The Labute approximate surface area is 121 Å². The van der Waals surface area contributed by atoms with Crippen molar-refractivity contribution in [3.63, 3.8) is 0 Å². The van der Waals surface area contributed by atoms with Crippen LogP contribution in [0.5, 0.6) is 0 Å². The monoisotopic (exact) mass is 328 g/mol. The molecule has 0 fully saturated rings. The summed E-state index contributed by atoms with van der Waals surface area (Å²) >= 11 is 3.36. The third kappa shape index (κ3) is 5.03. The number of carbonyl (C=O) groups excluding carboxylic acids is 2. The molecule has 0 aliphatic heterocycles. The van der Waals surface area contributed by atoms with Gasteiger partial charge in [0.25, 0.3) is 0 Å². The van der Waals surface area contributed by atoms with Gasteiger partial charge in [0.1, 0.15) is 0 Å². The number of esters is 2. The molecule has 0 bridgehead atoms. The summed E-state index contributed by atoms with van der Waals surface area (Å²) < 4.78 is 9.59. The van der Waals surface area contributed by atoms with Crippen molar-refractivity contribution >= 4 is 27.9 Å². The highest BCUT2D eigenvalue weighted by atomic mass is 79.9. The van der Waals surface area contributed by atoms with E-state index >= 15 is 0 Å². The van der Waals surface area contributed by atoms with Crippen LogP contribution in [0, 0.1) is 0 Å². The molecule has 0 saturated heterocycles. The van der Waals surface area contributed by atoms with Crippen molar-refractivity contribution in [1.82, 2.24) is 0 Å². The highest BCUT2D eigenvalue weighted by Crippen LogP contribution is 2.16. The summed E-state index contributed by atoms with van der Waals surface area (Å²) in [5.74, 6) is -0.605. The second-order valence-electron chi connectivity index (χ2n) is 3.97. The molecule has 0 heterocycles. The molecule has 0 N–H and O–H groups in total. The highest BCUT2D eigenvalue weighted by molar-refractivity contribution is 9.08. The number of methoxy groups -OCH3 is 1. The average Bonchev–Trinajstić information content (AvgIpc) is 2.44. The Morgan fingerprint density at radius 2 is 1.89 bits per heavy atom. The van der Waals surface area contributed by atoms with Gasteiger partial charge in [-0.3, -0.25) is 4.79 Å². The molecule has 0 radical (unpaired) electrons. The quantitative estimate of drug-likeness (QED) is 0.595. The third-order valence-corrected chi connectivity index (χ3v) is 3.20. The average molecular weight is 329 g/mol. The van der Waals surface area contributed by atoms with Crippen molar-refractivity contribution in [1.29, 1.82) is 0 Å². The van der Waals surface area contributed by atoms with Gasteiger partial charge in [0.05, 0.1) is 19.3 Å². The maximum absolute atomic E-state index is 11.5. The molecule has 0 aliphatic carbocycles. The van der Waals surface area contributed by atoms with Crippen LogP contribution in [0.3, 0.4) is 0 Å². The number of aryl methyl sites for hydroxylation is 1. The molecule has 1 aromatic carbocycles. The second-order valence-corrected chi connectivity index (χ2v) is 4.53. The van der Waals surface area contributed by atoms with Crippen LogP contribution < -0.4 is 0 Å². The van der Waals surface area contributed by atoms with Gasteiger partial charge >= 0.3 is 11.9 Å². The minimum atomic E-state index is -0.375. The van der Waals surface area contributed by atoms with Gasteiger partial charge in [0.2, 0.25) is 0 Å². The first kappa shape index (κ1) is 15.7. The maximum Gasteiger partial charge on any atom is 0.337 e. The number of benzene rings is 1. The number of halogens is 1. The topological polar surface area (TPSA) is 52.6 Å². The van der Waals surface area contributed by atoms with Crippen molar-refractivity contribution in [3.8, 4) is 0 Å². The van der Waals surface area contributed by atoms with Gasteiger partial charge in [-0.1, -0.05) is 22.0 Å². The van der Waals surface area contributed by atoms with Crippen molar-refractivity contribution in [2.24, 2.45) is 0 Å². The maximum atomic E-state index is 11.5. The van der Waals surface area contributed by atoms with Crippen LogP contribution in [-0.4, -0.2) is 25.7 Å². The number of alkyl halides is 1. The van der Waals surface area contributed by atoms with Crippen LogP contribution in [-0.2, 0) is 26.0 Å². The van der Waals surface area contributed by atoms with Crippen molar-refractivity contribution < 1.29 is 19.1 Å². The molecule has 19 heavy (non-hydrogen) atoms. The van der Waals surface area contributed by atoms with E-state index in [4.69, 9.17) is 9.47 Å². The number of ether oxygens (including phenoxy) is 2. The van der Waals surface area contributed by atoms with Crippen LogP contribution in [0.25, 0.3) is 0 Å². The largest absolute Gasteiger partial charge is 0.466 e. The van der Waals surface area contributed by atoms with Crippen LogP contribution in [0.15, 0.2) is 18.2 Å². The van der Waals surface area contributed by atoms with Crippen LogP contribution in [0.4, 0.5) is 0 Å². The summed E-state index contributed by atoms with van der Waals surface area (Å²) in [5, 5.41) is 0.643. The zero-order chi connectivity index (χ0) is 14.3. The van der Waals surface area contributed by atoms with E-state index in [0.717, 1.165) is 11.1 Å². The first-order chi connectivity index (χ1) is 9.10. The highest BCUT2D eigenvalue weighted by Gasteiger charge is 2.10. The molecule has 1 rings (SSSR count). The summed E-state index contributed by atoms with van der Waals surface area (Å²) in [6.07, 6.45) is 0.851. The van der Waals surface area contributed by atoms with E-state index in [2.05, 4.69) is 15.9 Å². The molecule has 0 saturated carbocycles. The van der Waals surface area contributed by atoms with E-state index in [1.807, 2.05) is 6.07 Å². The van der Waals surface area contributed by atoms with Gasteiger partial charge in [-0.15, -0.1) is 0 Å². The van der Waals surface area contributed by atoms with Crippen molar-refractivity contribution in [2.75, 3.05) is 13.7 Å². The summed E-state index contributed by atoms with van der Waals surface area (Å²) in [4.78, 5) is 22.9. The van der Waals surface area contributed by atoms with E-state index < -0.39 is 0 Å². The lowest BCUT2D eigenvalue weighted by Gasteiger charge is -2.07. The minimum absolute atomic E-state index is 0.230. The lowest BCUT2D eigenvalue weighted by atomic mass is 10.0. The molecule has 0 unspecified atom stereocenters. The van der Waals surface area contributed by atoms with Gasteiger partial charge in [-0.2, -0.15) is 0 Å². The number of carbonyl (C=O) groups is 2. The van der Waals surface area contributed by atoms with Gasteiger partial charge in [0, 0.05) is 11.8 Å². The molecule has 5 heteroatoms. The van der Waals surface area contributed by atoms with Gasteiger partial charge in [0.15, 0.2) is 0 Å². The Balaban J connectivity index is 2.82. The first-order valence-corrected chi connectivity index (χ1v) is 7.15. The Morgan fingerprint density at radius 1 is 1.21 bits per heavy atom. The zero-order valence-electron chi connectivity index (χ0n) is 11.1. The summed E-state index contributed by atoms with van der Waals surface area (Å²) in [6, 6.07) is 5.48. The van der Waals surface area contributed by atoms with E-state index in [0.29, 0.717) is 30.3 Å². The molecular formula is C14H17BrO4. The standard InChI is InChI=1S/C14H17BrO4/c1-3-19-13(16)5-4-10-6-11(9-15)8-12(7-10)14(17)18-2/h6-8H,3-5,9H2,1-2H3. The van der Waals surface area contributed by atoms with E-state index in [1.165, 1.54) is 7.11 Å². The number of rotatable bonds is 6. The molecule has 104 valence electrons. The Bertz CT molecular complexity index is 457. The smallest absolute Gasteiger partial charge is 0.337 e. The normalized spacial score (nSPS) is 10.1. The minimum Gasteiger partial charge on any atom is -0.466 e. The van der Waals surface area contributed by atoms with Gasteiger partial charge < -0.3 is 9.47 Å². The molecule has 0 amide bonds. The summed E-state index contributed by atoms with van der Waals surface area (Å²) in [7, 11) is 1.35. The second kappa shape index (κ2) is 7.94. The fourth-order valence-electron chi connectivity index (χ4n) is 1.70. The number of hydrogen-bond acceptors (Lipinski definition) is 4. The number of hydrogen-bond donors (Lipinski definition) is 0. The Kier molecular flexibility index (Phi) is 6.56. The summed E-state index contributed by atoms with van der Waals surface area (Å²) in [5.41, 5.74) is 2.39. The van der Waals surface area contributed by atoms with E-state index in [-0.39, 0.29) is 11.9 Å². The van der Waals surface area contributed by atoms with E-state index in [1.54, 1.807) is 19.1 Å². The first-order valence-electron chi connectivity index (χ1n) is 6.03. The van der Waals surface area contributed by atoms with Crippen molar-refractivity contribution in [3.05, 3.63) is 34.9 Å². The van der Waals surface area contributed by atoms with Gasteiger partial charge in [-0.05, 0) is 36.6 Å². The molecule has 1 aromatic rings. The predicted octanol–water partition coefficient (Wildman–Crippen LogP) is 2.86. The molecular weight excluding hydrogens is 312 g/mol. The third-order valence-electron chi connectivity index (χ3n) is 2.55. The van der Waals surface area contributed by atoms with Crippen LogP contribution in [0.1, 0.15) is 34.8 Å².